The number of aliphatic imine (C=N–C) groups is 1. The number of carbonyl (C=O) groups is 2. The van der Waals surface area contributed by atoms with Crippen LogP contribution in [0.3, 0.4) is 0 Å². The van der Waals surface area contributed by atoms with Gasteiger partial charge in [-0.05, 0) is 49.6 Å². The molecule has 4 rings (SSSR count). The van der Waals surface area contributed by atoms with Crippen LogP contribution in [-0.2, 0) is 11.3 Å². The zero-order chi connectivity index (χ0) is 23.5. The quantitative estimate of drug-likeness (QED) is 0.532. The maximum atomic E-state index is 13.0. The van der Waals surface area contributed by atoms with E-state index >= 15 is 0 Å². The predicted octanol–water partition coefficient (Wildman–Crippen LogP) is 3.52. The Morgan fingerprint density at radius 3 is 2.73 bits per heavy atom. The molecule has 10 heteroatoms. The minimum Gasteiger partial charge on any atom is -0.480 e. The minimum atomic E-state index is -1.06. The second-order valence-electron chi connectivity index (χ2n) is 7.52. The van der Waals surface area contributed by atoms with Gasteiger partial charge in [-0.15, -0.1) is 10.2 Å². The third-order valence-electron chi connectivity index (χ3n) is 5.37. The topological polar surface area (TPSA) is 109 Å². The third kappa shape index (κ3) is 4.65. The lowest BCUT2D eigenvalue weighted by atomic mass is 9.97. The number of fused-ring (bicyclic) bond motifs is 3. The molecule has 1 amide bonds. The fraction of sp³-hybridized carbons (Fsp3) is 0.261. The van der Waals surface area contributed by atoms with Crippen LogP contribution in [0.1, 0.15) is 39.6 Å². The molecule has 1 aliphatic rings. The van der Waals surface area contributed by atoms with Gasteiger partial charge in [0, 0.05) is 21.7 Å². The van der Waals surface area contributed by atoms with Gasteiger partial charge in [0.1, 0.15) is 18.4 Å². The van der Waals surface area contributed by atoms with Gasteiger partial charge >= 0.3 is 5.97 Å². The van der Waals surface area contributed by atoms with Gasteiger partial charge < -0.3 is 10.4 Å². The Hall–Kier alpha value is -3.17. The number of carboxylic acid groups (broad SMARTS) is 1. The van der Waals surface area contributed by atoms with Crippen molar-refractivity contribution in [3.8, 4) is 5.69 Å². The Bertz CT molecular complexity index is 1260. The average molecular weight is 484 g/mol. The molecule has 1 atom stereocenters. The largest absolute Gasteiger partial charge is 0.480 e. The second-order valence-corrected chi connectivity index (χ2v) is 8.91. The number of amides is 1. The summed E-state index contributed by atoms with van der Waals surface area (Å²) in [5.74, 6) is 0.475. The highest BCUT2D eigenvalue weighted by atomic mass is 35.5. The van der Waals surface area contributed by atoms with Crippen molar-refractivity contribution in [2.24, 2.45) is 4.99 Å². The number of aliphatic carboxylic acids is 1. The van der Waals surface area contributed by atoms with Crippen molar-refractivity contribution in [3.63, 3.8) is 0 Å². The minimum absolute atomic E-state index is 0.299. The molecule has 3 aromatic rings. The Labute approximate surface area is 200 Å². The van der Waals surface area contributed by atoms with Crippen LogP contribution >= 0.6 is 23.4 Å². The molecule has 2 heterocycles. The summed E-state index contributed by atoms with van der Waals surface area (Å²) in [6.07, 6.45) is 2.23. The normalized spacial score (nSPS) is 13.4. The lowest BCUT2D eigenvalue weighted by Crippen LogP contribution is -2.41. The summed E-state index contributed by atoms with van der Waals surface area (Å²) in [7, 11) is 0. The first-order valence-corrected chi connectivity index (χ1v) is 12.1. The lowest BCUT2D eigenvalue weighted by Gasteiger charge is -2.17. The fourth-order valence-electron chi connectivity index (χ4n) is 3.74. The van der Waals surface area contributed by atoms with Crippen LogP contribution in [0.2, 0.25) is 5.02 Å². The van der Waals surface area contributed by atoms with Crippen LogP contribution in [0.25, 0.3) is 5.69 Å². The molecule has 1 aliphatic heterocycles. The van der Waals surface area contributed by atoms with Crippen LogP contribution in [0.5, 0.6) is 0 Å². The lowest BCUT2D eigenvalue weighted by molar-refractivity contribution is -0.139. The standard InChI is InChI=1S/C23H22ClN5O3S/c1-13-27-28-20-12-25-21(15-5-3-4-6-17(15)24)16-11-14(7-8-19(16)29(13)20)22(30)26-18(23(31)32)9-10-33-2/h3-8,11,18H,9-10,12H2,1-2H3,(H,26,30)(H,31,32)/t18-/m0/s1. The summed E-state index contributed by atoms with van der Waals surface area (Å²) in [6.45, 7) is 2.15. The second kappa shape index (κ2) is 9.76. The molecular weight excluding hydrogens is 462 g/mol. The van der Waals surface area contributed by atoms with E-state index in [9.17, 15) is 14.7 Å². The molecule has 2 N–H and O–H groups in total. The predicted molar refractivity (Wildman–Crippen MR) is 129 cm³/mol. The molecule has 0 radical (unpaired) electrons. The zero-order valence-electron chi connectivity index (χ0n) is 18.1. The first-order valence-electron chi connectivity index (χ1n) is 10.3. The number of aryl methyl sites for hydroxylation is 1. The van der Waals surface area contributed by atoms with Crippen molar-refractivity contribution >= 4 is 41.0 Å². The molecule has 0 unspecified atom stereocenters. The zero-order valence-corrected chi connectivity index (χ0v) is 19.7. The highest BCUT2D eigenvalue weighted by Gasteiger charge is 2.25. The van der Waals surface area contributed by atoms with E-state index in [1.54, 1.807) is 24.3 Å². The number of benzene rings is 2. The number of hydrogen-bond donors (Lipinski definition) is 2. The van der Waals surface area contributed by atoms with Gasteiger partial charge in [0.25, 0.3) is 5.91 Å². The van der Waals surface area contributed by atoms with E-state index in [0.29, 0.717) is 52.2 Å². The number of aromatic nitrogens is 3. The Morgan fingerprint density at radius 1 is 1.21 bits per heavy atom. The summed E-state index contributed by atoms with van der Waals surface area (Å²) in [4.78, 5) is 29.3. The van der Waals surface area contributed by atoms with Crippen LogP contribution in [0.15, 0.2) is 47.5 Å². The van der Waals surface area contributed by atoms with Crippen molar-refractivity contribution in [2.45, 2.75) is 25.9 Å². The van der Waals surface area contributed by atoms with E-state index in [2.05, 4.69) is 15.5 Å². The Morgan fingerprint density at radius 2 is 2.00 bits per heavy atom. The van der Waals surface area contributed by atoms with Gasteiger partial charge in [-0.3, -0.25) is 14.4 Å². The number of nitrogens with one attached hydrogen (secondary N) is 1. The molecule has 33 heavy (non-hydrogen) atoms. The van der Waals surface area contributed by atoms with Crippen molar-refractivity contribution in [1.29, 1.82) is 0 Å². The molecule has 0 aliphatic carbocycles. The van der Waals surface area contributed by atoms with E-state index in [1.165, 1.54) is 11.8 Å². The van der Waals surface area contributed by atoms with E-state index in [4.69, 9.17) is 16.6 Å². The Kier molecular flexibility index (Phi) is 6.80. The molecule has 0 fully saturated rings. The average Bonchev–Trinajstić information content (AvgIpc) is 3.08. The van der Waals surface area contributed by atoms with E-state index in [-0.39, 0.29) is 0 Å². The molecule has 0 spiro atoms. The number of rotatable bonds is 7. The molecule has 0 bridgehead atoms. The van der Waals surface area contributed by atoms with Gasteiger partial charge in [-0.2, -0.15) is 11.8 Å². The first-order chi connectivity index (χ1) is 15.9. The van der Waals surface area contributed by atoms with Crippen LogP contribution in [0, 0.1) is 6.92 Å². The summed E-state index contributed by atoms with van der Waals surface area (Å²) in [6, 6.07) is 11.6. The van der Waals surface area contributed by atoms with Crippen LogP contribution in [-0.4, -0.2) is 55.5 Å². The Balaban J connectivity index is 1.79. The van der Waals surface area contributed by atoms with Crippen molar-refractivity contribution in [2.75, 3.05) is 12.0 Å². The van der Waals surface area contributed by atoms with Gasteiger partial charge in [0.05, 0.1) is 11.4 Å². The van der Waals surface area contributed by atoms with Gasteiger partial charge in [0.2, 0.25) is 0 Å². The SMILES string of the molecule is CSCC[C@H](NC(=O)c1ccc2c(c1)C(c1ccccc1Cl)=NCc1nnc(C)n1-2)C(=O)O. The number of carbonyl (C=O) groups excluding carboxylic acids is 1. The first kappa shape index (κ1) is 23.0. The molecular formula is C23H22ClN5O3S. The number of hydrogen-bond acceptors (Lipinski definition) is 6. The number of thioether (sulfide) groups is 1. The number of halogens is 1. The summed E-state index contributed by atoms with van der Waals surface area (Å²) >= 11 is 8.01. The highest BCUT2D eigenvalue weighted by Crippen LogP contribution is 2.29. The van der Waals surface area contributed by atoms with E-state index < -0.39 is 17.9 Å². The summed E-state index contributed by atoms with van der Waals surface area (Å²) in [5, 5.41) is 21.1. The number of nitrogens with zero attached hydrogens (tertiary/aromatic N) is 4. The molecule has 8 nitrogen and oxygen atoms in total. The van der Waals surface area contributed by atoms with E-state index in [0.717, 1.165) is 11.3 Å². The van der Waals surface area contributed by atoms with E-state index in [1.807, 2.05) is 35.9 Å². The molecule has 170 valence electrons. The fourth-order valence-corrected chi connectivity index (χ4v) is 4.43. The molecule has 2 aromatic carbocycles. The smallest absolute Gasteiger partial charge is 0.326 e. The maximum absolute atomic E-state index is 13.0. The van der Waals surface area contributed by atoms with Gasteiger partial charge in [-0.1, -0.05) is 29.8 Å². The van der Waals surface area contributed by atoms with Gasteiger partial charge in [0.15, 0.2) is 5.82 Å². The summed E-state index contributed by atoms with van der Waals surface area (Å²) in [5.41, 5.74) is 3.16. The third-order valence-corrected chi connectivity index (χ3v) is 6.34. The maximum Gasteiger partial charge on any atom is 0.326 e. The molecule has 1 aromatic heterocycles. The summed E-state index contributed by atoms with van der Waals surface area (Å²) < 4.78 is 1.91. The van der Waals surface area contributed by atoms with Gasteiger partial charge in [-0.25, -0.2) is 4.79 Å². The van der Waals surface area contributed by atoms with Crippen molar-refractivity contribution < 1.29 is 14.7 Å². The number of carboxylic acids is 1. The molecule has 0 saturated heterocycles. The van der Waals surface area contributed by atoms with Crippen LogP contribution in [0.4, 0.5) is 0 Å². The highest BCUT2D eigenvalue weighted by molar-refractivity contribution is 7.98. The monoisotopic (exact) mass is 483 g/mol. The van der Waals surface area contributed by atoms with Crippen molar-refractivity contribution in [3.05, 3.63) is 75.8 Å². The van der Waals surface area contributed by atoms with Crippen LogP contribution < -0.4 is 5.32 Å². The van der Waals surface area contributed by atoms with Crippen molar-refractivity contribution in [1.82, 2.24) is 20.1 Å². The molecule has 0 saturated carbocycles.